The minimum absolute atomic E-state index is 0.771. The molecule has 2 N–H and O–H groups in total. The van der Waals surface area contributed by atoms with E-state index in [1.54, 1.807) is 0 Å². The van der Waals surface area contributed by atoms with E-state index in [-0.39, 0.29) is 0 Å². The van der Waals surface area contributed by atoms with Crippen molar-refractivity contribution < 1.29 is 0 Å². The summed E-state index contributed by atoms with van der Waals surface area (Å²) in [5, 5.41) is 0. The van der Waals surface area contributed by atoms with Gasteiger partial charge in [-0.3, -0.25) is 0 Å². The molecule has 0 saturated carbocycles. The molecule has 0 rings (SSSR count). The second-order valence-corrected chi connectivity index (χ2v) is 2.38. The van der Waals surface area contributed by atoms with Crippen molar-refractivity contribution in [3.05, 3.63) is 12.7 Å². The van der Waals surface area contributed by atoms with Gasteiger partial charge >= 0.3 is 0 Å². The molecule has 1 heteroatoms. The molecule has 0 heterocycles. The highest BCUT2D eigenvalue weighted by Crippen LogP contribution is 2.11. The minimum Gasteiger partial charge on any atom is -0.330 e. The first-order valence-corrected chi connectivity index (χ1v) is 3.66. The van der Waals surface area contributed by atoms with E-state index in [2.05, 4.69) is 13.5 Å². The maximum atomic E-state index is 5.40. The second kappa shape index (κ2) is 5.83. The molecule has 0 aromatic carbocycles. The highest BCUT2D eigenvalue weighted by atomic mass is 14.5. The van der Waals surface area contributed by atoms with Gasteiger partial charge in [0.25, 0.3) is 0 Å². The molecule has 0 aliphatic heterocycles. The van der Waals surface area contributed by atoms with Crippen LogP contribution in [0.15, 0.2) is 12.7 Å². The van der Waals surface area contributed by atoms with Crippen LogP contribution in [0.2, 0.25) is 0 Å². The molecule has 0 radical (unpaired) electrons. The molecular weight excluding hydrogens is 110 g/mol. The second-order valence-electron chi connectivity index (χ2n) is 2.38. The predicted molar refractivity (Wildman–Crippen MR) is 42.3 cm³/mol. The van der Waals surface area contributed by atoms with Gasteiger partial charge < -0.3 is 5.73 Å². The third-order valence-electron chi connectivity index (χ3n) is 1.65. The Morgan fingerprint density at radius 1 is 1.67 bits per heavy atom. The van der Waals surface area contributed by atoms with Crippen molar-refractivity contribution in [1.29, 1.82) is 0 Å². The van der Waals surface area contributed by atoms with Crippen LogP contribution in [-0.2, 0) is 0 Å². The zero-order valence-corrected chi connectivity index (χ0v) is 6.27. The normalized spacial score (nSPS) is 13.1. The van der Waals surface area contributed by atoms with Crippen LogP contribution in [0.5, 0.6) is 0 Å². The lowest BCUT2D eigenvalue weighted by Gasteiger charge is -2.08. The highest BCUT2D eigenvalue weighted by molar-refractivity contribution is 4.72. The molecule has 1 unspecified atom stereocenters. The summed E-state index contributed by atoms with van der Waals surface area (Å²) in [5.74, 6) is 0.771. The van der Waals surface area contributed by atoms with E-state index in [1.165, 1.54) is 6.42 Å². The first-order valence-electron chi connectivity index (χ1n) is 3.66. The highest BCUT2D eigenvalue weighted by Gasteiger charge is 2.00. The smallest absolute Gasteiger partial charge is 0.00745 e. The van der Waals surface area contributed by atoms with Crippen molar-refractivity contribution in [1.82, 2.24) is 0 Å². The molecule has 0 bridgehead atoms. The molecule has 0 aromatic rings. The van der Waals surface area contributed by atoms with Gasteiger partial charge in [0.05, 0.1) is 0 Å². The SMILES string of the molecule is C=CCC(CC)CCN. The fourth-order valence-corrected chi connectivity index (χ4v) is 0.960. The zero-order chi connectivity index (χ0) is 7.11. The lowest BCUT2D eigenvalue weighted by Crippen LogP contribution is -2.06. The number of allylic oxidation sites excluding steroid dienone is 1. The Labute approximate surface area is 57.9 Å². The molecule has 9 heavy (non-hydrogen) atoms. The quantitative estimate of drug-likeness (QED) is 0.561. The maximum absolute atomic E-state index is 5.40. The van der Waals surface area contributed by atoms with E-state index in [0.717, 1.165) is 25.3 Å². The van der Waals surface area contributed by atoms with Crippen molar-refractivity contribution in [3.63, 3.8) is 0 Å². The molecule has 0 aliphatic carbocycles. The Morgan fingerprint density at radius 2 is 2.33 bits per heavy atom. The van der Waals surface area contributed by atoms with Crippen molar-refractivity contribution in [2.24, 2.45) is 11.7 Å². The van der Waals surface area contributed by atoms with Crippen molar-refractivity contribution in [2.75, 3.05) is 6.54 Å². The third kappa shape index (κ3) is 4.22. The van der Waals surface area contributed by atoms with E-state index in [1.807, 2.05) is 6.08 Å². The zero-order valence-electron chi connectivity index (χ0n) is 6.27. The summed E-state index contributed by atoms with van der Waals surface area (Å²) in [5.41, 5.74) is 5.40. The minimum atomic E-state index is 0.771. The summed E-state index contributed by atoms with van der Waals surface area (Å²) < 4.78 is 0. The van der Waals surface area contributed by atoms with Crippen LogP contribution < -0.4 is 5.73 Å². The number of hydrogen-bond acceptors (Lipinski definition) is 1. The molecule has 0 amide bonds. The summed E-state index contributed by atoms with van der Waals surface area (Å²) in [4.78, 5) is 0. The molecule has 1 atom stereocenters. The summed E-state index contributed by atoms with van der Waals surface area (Å²) in [7, 11) is 0. The lowest BCUT2D eigenvalue weighted by atomic mass is 9.99. The third-order valence-corrected chi connectivity index (χ3v) is 1.65. The van der Waals surface area contributed by atoms with Crippen molar-refractivity contribution in [2.45, 2.75) is 26.2 Å². The van der Waals surface area contributed by atoms with Gasteiger partial charge in [-0.2, -0.15) is 0 Å². The van der Waals surface area contributed by atoms with E-state index in [0.29, 0.717) is 0 Å². The summed E-state index contributed by atoms with van der Waals surface area (Å²) in [6.07, 6.45) is 5.46. The number of hydrogen-bond donors (Lipinski definition) is 1. The molecule has 54 valence electrons. The van der Waals surface area contributed by atoms with Crippen molar-refractivity contribution >= 4 is 0 Å². The maximum Gasteiger partial charge on any atom is -0.00745 e. The fourth-order valence-electron chi connectivity index (χ4n) is 0.960. The summed E-state index contributed by atoms with van der Waals surface area (Å²) in [6.45, 7) is 6.70. The van der Waals surface area contributed by atoms with Gasteiger partial charge in [0.15, 0.2) is 0 Å². The lowest BCUT2D eigenvalue weighted by molar-refractivity contribution is 0.484. The van der Waals surface area contributed by atoms with E-state index < -0.39 is 0 Å². The van der Waals surface area contributed by atoms with Crippen LogP contribution in [0.4, 0.5) is 0 Å². The van der Waals surface area contributed by atoms with E-state index >= 15 is 0 Å². The standard InChI is InChI=1S/C8H17N/c1-3-5-8(4-2)6-7-9/h3,8H,1,4-7,9H2,2H3. The number of rotatable bonds is 5. The van der Waals surface area contributed by atoms with Gasteiger partial charge in [-0.05, 0) is 25.3 Å². The van der Waals surface area contributed by atoms with Gasteiger partial charge in [-0.1, -0.05) is 19.4 Å². The predicted octanol–water partition coefficient (Wildman–Crippen LogP) is 1.94. The van der Waals surface area contributed by atoms with Crippen LogP contribution in [0.25, 0.3) is 0 Å². The molecule has 1 nitrogen and oxygen atoms in total. The molecule has 0 aliphatic rings. The van der Waals surface area contributed by atoms with Gasteiger partial charge in [0, 0.05) is 0 Å². The van der Waals surface area contributed by atoms with Gasteiger partial charge in [0.2, 0.25) is 0 Å². The monoisotopic (exact) mass is 127 g/mol. The number of nitrogens with two attached hydrogens (primary N) is 1. The van der Waals surface area contributed by atoms with Crippen molar-refractivity contribution in [3.8, 4) is 0 Å². The van der Waals surface area contributed by atoms with Gasteiger partial charge in [0.1, 0.15) is 0 Å². The Balaban J connectivity index is 3.28. The van der Waals surface area contributed by atoms with E-state index in [4.69, 9.17) is 5.73 Å². The first kappa shape index (κ1) is 8.70. The Kier molecular flexibility index (Phi) is 5.64. The largest absolute Gasteiger partial charge is 0.330 e. The fraction of sp³-hybridized carbons (Fsp3) is 0.750. The average molecular weight is 127 g/mol. The topological polar surface area (TPSA) is 26.0 Å². The molecule has 0 fully saturated rings. The average Bonchev–Trinajstić information content (AvgIpc) is 1.88. The van der Waals surface area contributed by atoms with Gasteiger partial charge in [-0.25, -0.2) is 0 Å². The molecule has 0 saturated heterocycles. The first-order chi connectivity index (χ1) is 4.35. The van der Waals surface area contributed by atoms with E-state index in [9.17, 15) is 0 Å². The Bertz CT molecular complexity index is 69.0. The van der Waals surface area contributed by atoms with Gasteiger partial charge in [-0.15, -0.1) is 6.58 Å². The summed E-state index contributed by atoms with van der Waals surface area (Å²) >= 11 is 0. The van der Waals surface area contributed by atoms with Crippen LogP contribution >= 0.6 is 0 Å². The Hall–Kier alpha value is -0.300. The molecular formula is C8H17N. The van der Waals surface area contributed by atoms with Crippen LogP contribution in [0.1, 0.15) is 26.2 Å². The summed E-state index contributed by atoms with van der Waals surface area (Å²) in [6, 6.07) is 0. The van der Waals surface area contributed by atoms with Crippen LogP contribution in [0.3, 0.4) is 0 Å². The van der Waals surface area contributed by atoms with Crippen LogP contribution in [0, 0.1) is 5.92 Å². The Morgan fingerprint density at radius 3 is 2.67 bits per heavy atom. The van der Waals surface area contributed by atoms with Crippen LogP contribution in [-0.4, -0.2) is 6.54 Å². The molecule has 0 spiro atoms. The molecule has 0 aromatic heterocycles.